The zero-order valence-corrected chi connectivity index (χ0v) is 13.9. The van der Waals surface area contributed by atoms with Gasteiger partial charge in [-0.1, -0.05) is 18.2 Å². The van der Waals surface area contributed by atoms with Crippen LogP contribution < -0.4 is 10.6 Å². The van der Waals surface area contributed by atoms with Gasteiger partial charge in [-0.05, 0) is 56.2 Å². The molecule has 0 atom stereocenters. The van der Waals surface area contributed by atoms with Crippen molar-refractivity contribution in [3.63, 3.8) is 0 Å². The number of benzene rings is 2. The lowest BCUT2D eigenvalue weighted by Gasteiger charge is -2.11. The van der Waals surface area contributed by atoms with Crippen molar-refractivity contribution in [2.24, 2.45) is 0 Å². The van der Waals surface area contributed by atoms with Crippen molar-refractivity contribution >= 4 is 23.0 Å². The molecular formula is C19H19FN4. The Morgan fingerprint density at radius 2 is 1.50 bits per heavy atom. The van der Waals surface area contributed by atoms with Crippen LogP contribution in [0.25, 0.3) is 0 Å². The first-order valence-electron chi connectivity index (χ1n) is 7.73. The highest BCUT2D eigenvalue weighted by Crippen LogP contribution is 2.23. The molecule has 1 aromatic heterocycles. The monoisotopic (exact) mass is 322 g/mol. The Bertz CT molecular complexity index is 877. The molecule has 0 aliphatic heterocycles. The summed E-state index contributed by atoms with van der Waals surface area (Å²) in [5, 5.41) is 6.26. The van der Waals surface area contributed by atoms with Crippen LogP contribution in [0.4, 0.5) is 27.4 Å². The summed E-state index contributed by atoms with van der Waals surface area (Å²) in [7, 11) is 0. The number of nitrogens with zero attached hydrogens (tertiary/aromatic N) is 2. The lowest BCUT2D eigenvalue weighted by Crippen LogP contribution is -2.02. The smallest absolute Gasteiger partial charge is 0.146 e. The molecule has 4 nitrogen and oxygen atoms in total. The number of hydrogen-bond acceptors (Lipinski definition) is 4. The van der Waals surface area contributed by atoms with Gasteiger partial charge in [0.2, 0.25) is 0 Å². The first-order chi connectivity index (χ1) is 11.5. The topological polar surface area (TPSA) is 49.8 Å². The molecule has 0 unspecified atom stereocenters. The number of rotatable bonds is 4. The number of anilines is 4. The van der Waals surface area contributed by atoms with Gasteiger partial charge in [-0.2, -0.15) is 0 Å². The molecule has 2 N–H and O–H groups in total. The Hall–Kier alpha value is -2.95. The minimum Gasteiger partial charge on any atom is -0.340 e. The summed E-state index contributed by atoms with van der Waals surface area (Å²) in [6.45, 7) is 5.94. The molecule has 0 amide bonds. The van der Waals surface area contributed by atoms with Gasteiger partial charge < -0.3 is 10.6 Å². The van der Waals surface area contributed by atoms with Crippen LogP contribution in [-0.2, 0) is 0 Å². The predicted molar refractivity (Wildman–Crippen MR) is 95.7 cm³/mol. The zero-order chi connectivity index (χ0) is 17.1. The van der Waals surface area contributed by atoms with E-state index in [4.69, 9.17) is 0 Å². The first-order valence-corrected chi connectivity index (χ1v) is 7.73. The molecule has 0 saturated heterocycles. The van der Waals surface area contributed by atoms with Crippen molar-refractivity contribution < 1.29 is 4.39 Å². The molecule has 0 fully saturated rings. The highest BCUT2D eigenvalue weighted by Gasteiger charge is 2.06. The molecule has 0 bridgehead atoms. The van der Waals surface area contributed by atoms with Gasteiger partial charge in [0.15, 0.2) is 0 Å². The van der Waals surface area contributed by atoms with Crippen molar-refractivity contribution in [3.8, 4) is 0 Å². The summed E-state index contributed by atoms with van der Waals surface area (Å²) in [6, 6.07) is 14.4. The molecule has 2 aromatic carbocycles. The van der Waals surface area contributed by atoms with Crippen LogP contribution >= 0.6 is 0 Å². The quantitative estimate of drug-likeness (QED) is 0.707. The molecule has 0 radical (unpaired) electrons. The Kier molecular flexibility index (Phi) is 4.42. The lowest BCUT2D eigenvalue weighted by atomic mass is 10.1. The second-order valence-corrected chi connectivity index (χ2v) is 5.71. The fraction of sp³-hybridized carbons (Fsp3) is 0.158. The Morgan fingerprint density at radius 3 is 2.21 bits per heavy atom. The fourth-order valence-electron chi connectivity index (χ4n) is 2.36. The Balaban J connectivity index is 1.86. The summed E-state index contributed by atoms with van der Waals surface area (Å²) in [5.74, 6) is 1.48. The van der Waals surface area contributed by atoms with Crippen molar-refractivity contribution in [3.05, 3.63) is 71.3 Å². The summed E-state index contributed by atoms with van der Waals surface area (Å²) >= 11 is 0. The average Bonchev–Trinajstić information content (AvgIpc) is 2.53. The number of nitrogens with one attached hydrogen (secondary N) is 2. The van der Waals surface area contributed by atoms with Crippen LogP contribution in [0.3, 0.4) is 0 Å². The normalized spacial score (nSPS) is 10.5. The lowest BCUT2D eigenvalue weighted by molar-refractivity contribution is 0.632. The van der Waals surface area contributed by atoms with E-state index in [-0.39, 0.29) is 5.82 Å². The maximum absolute atomic E-state index is 13.8. The molecule has 3 aromatic rings. The van der Waals surface area contributed by atoms with Gasteiger partial charge in [0.05, 0.1) is 5.69 Å². The van der Waals surface area contributed by atoms with E-state index in [0.717, 1.165) is 5.69 Å². The second kappa shape index (κ2) is 6.66. The summed E-state index contributed by atoms with van der Waals surface area (Å²) < 4.78 is 13.8. The highest BCUT2D eigenvalue weighted by molar-refractivity contribution is 5.64. The third-order valence-corrected chi connectivity index (χ3v) is 3.75. The number of aromatic nitrogens is 2. The molecule has 3 rings (SSSR count). The van der Waals surface area contributed by atoms with E-state index in [1.165, 1.54) is 17.2 Å². The van der Waals surface area contributed by atoms with Gasteiger partial charge in [-0.15, -0.1) is 0 Å². The van der Waals surface area contributed by atoms with Crippen LogP contribution in [0.1, 0.15) is 17.0 Å². The van der Waals surface area contributed by atoms with Crippen LogP contribution in [0, 0.1) is 26.6 Å². The van der Waals surface area contributed by atoms with Crippen molar-refractivity contribution in [1.29, 1.82) is 0 Å². The third-order valence-electron chi connectivity index (χ3n) is 3.75. The molecule has 0 saturated carbocycles. The van der Waals surface area contributed by atoms with Gasteiger partial charge >= 0.3 is 0 Å². The number of aryl methyl sites for hydroxylation is 3. The van der Waals surface area contributed by atoms with Crippen molar-refractivity contribution in [1.82, 2.24) is 9.97 Å². The van der Waals surface area contributed by atoms with Crippen molar-refractivity contribution in [2.45, 2.75) is 20.8 Å². The molecule has 24 heavy (non-hydrogen) atoms. The number of hydrogen-bond donors (Lipinski definition) is 2. The summed E-state index contributed by atoms with van der Waals surface area (Å²) in [6.07, 6.45) is 0. The Labute approximate surface area is 140 Å². The highest BCUT2D eigenvalue weighted by atomic mass is 19.1. The van der Waals surface area contributed by atoms with Gasteiger partial charge in [-0.3, -0.25) is 0 Å². The van der Waals surface area contributed by atoms with Gasteiger partial charge in [0.1, 0.15) is 23.3 Å². The van der Waals surface area contributed by atoms with E-state index < -0.39 is 0 Å². The van der Waals surface area contributed by atoms with Crippen molar-refractivity contribution in [2.75, 3.05) is 10.6 Å². The largest absolute Gasteiger partial charge is 0.340 e. The predicted octanol–water partition coefficient (Wildman–Crippen LogP) is 5.03. The third kappa shape index (κ3) is 3.68. The SMILES string of the molecule is Cc1nc(Nc2ccc(C)c(C)c2)cc(Nc2ccccc2F)n1. The molecule has 0 spiro atoms. The van der Waals surface area contributed by atoms with E-state index in [0.29, 0.717) is 23.1 Å². The van der Waals surface area contributed by atoms with E-state index in [2.05, 4.69) is 46.6 Å². The van der Waals surface area contributed by atoms with E-state index >= 15 is 0 Å². The van der Waals surface area contributed by atoms with E-state index in [1.807, 2.05) is 6.07 Å². The van der Waals surface area contributed by atoms with Crippen LogP contribution in [0.2, 0.25) is 0 Å². The number of halogens is 1. The van der Waals surface area contributed by atoms with E-state index in [1.54, 1.807) is 31.2 Å². The fourth-order valence-corrected chi connectivity index (χ4v) is 2.36. The van der Waals surface area contributed by atoms with Gasteiger partial charge in [-0.25, -0.2) is 14.4 Å². The second-order valence-electron chi connectivity index (χ2n) is 5.71. The molecule has 122 valence electrons. The number of para-hydroxylation sites is 1. The Morgan fingerprint density at radius 1 is 0.792 bits per heavy atom. The maximum atomic E-state index is 13.8. The molecule has 5 heteroatoms. The maximum Gasteiger partial charge on any atom is 0.146 e. The summed E-state index contributed by atoms with van der Waals surface area (Å²) in [5.41, 5.74) is 3.78. The van der Waals surface area contributed by atoms with Gasteiger partial charge in [0, 0.05) is 11.8 Å². The van der Waals surface area contributed by atoms with Gasteiger partial charge in [0.25, 0.3) is 0 Å². The average molecular weight is 322 g/mol. The molecule has 1 heterocycles. The van der Waals surface area contributed by atoms with E-state index in [9.17, 15) is 4.39 Å². The minimum atomic E-state index is -0.322. The first kappa shape index (κ1) is 15.9. The molecule has 0 aliphatic rings. The van der Waals surface area contributed by atoms with Crippen LogP contribution in [0.5, 0.6) is 0 Å². The van der Waals surface area contributed by atoms with Crippen LogP contribution in [0.15, 0.2) is 48.5 Å². The standard InChI is InChI=1S/C19H19FN4/c1-12-8-9-15(10-13(12)2)23-18-11-19(22-14(3)21-18)24-17-7-5-4-6-16(17)20/h4-11H,1-3H3,(H2,21,22,23,24). The molecule has 0 aliphatic carbocycles. The molecular weight excluding hydrogens is 303 g/mol. The zero-order valence-electron chi connectivity index (χ0n) is 13.9. The summed E-state index contributed by atoms with van der Waals surface area (Å²) in [4.78, 5) is 8.70. The van der Waals surface area contributed by atoms with Crippen LogP contribution in [-0.4, -0.2) is 9.97 Å². The minimum absolute atomic E-state index is 0.322.